The van der Waals surface area contributed by atoms with Crippen LogP contribution in [-0.2, 0) is 20.0 Å². The first kappa shape index (κ1) is 18.7. The molecule has 1 amide bonds. The molecule has 0 N–H and O–H groups in total. The number of carbonyl (C=O) groups is 2. The molecule has 7 nitrogen and oxygen atoms in total. The van der Waals surface area contributed by atoms with E-state index in [1.807, 2.05) is 32.9 Å². The monoisotopic (exact) mass is 359 g/mol. The molecule has 2 aliphatic rings. The van der Waals surface area contributed by atoms with E-state index in [0.717, 1.165) is 16.7 Å². The zero-order valence-corrected chi connectivity index (χ0v) is 16.0. The molecule has 140 valence electrons. The van der Waals surface area contributed by atoms with Crippen LogP contribution in [0.2, 0.25) is 0 Å². The first-order chi connectivity index (χ1) is 12.2. The van der Waals surface area contributed by atoms with Gasteiger partial charge in [0.05, 0.1) is 7.11 Å². The highest BCUT2D eigenvalue weighted by Gasteiger charge is 2.69. The fourth-order valence-electron chi connectivity index (χ4n) is 4.72. The molecule has 1 spiro atoms. The second-order valence-corrected chi connectivity index (χ2v) is 7.41. The zero-order valence-electron chi connectivity index (χ0n) is 16.0. The minimum Gasteiger partial charge on any atom is -0.330 e. The Kier molecular flexibility index (Phi) is 4.48. The second kappa shape index (κ2) is 6.25. The van der Waals surface area contributed by atoms with E-state index in [1.165, 1.54) is 4.90 Å². The maximum absolute atomic E-state index is 13.6. The van der Waals surface area contributed by atoms with E-state index in [0.29, 0.717) is 31.5 Å². The highest BCUT2D eigenvalue weighted by molar-refractivity contribution is 6.21. The summed E-state index contributed by atoms with van der Waals surface area (Å²) in [6.45, 7) is 6.61. The van der Waals surface area contributed by atoms with Crippen LogP contribution in [0, 0.1) is 25.7 Å². The first-order valence-corrected chi connectivity index (χ1v) is 8.79. The minimum atomic E-state index is -1.99. The van der Waals surface area contributed by atoms with Crippen molar-refractivity contribution in [3.05, 3.63) is 39.3 Å². The molecule has 1 atom stereocenters. The average Bonchev–Trinajstić information content (AvgIpc) is 2.76. The maximum atomic E-state index is 13.6. The Hall–Kier alpha value is -2.12. The molecule has 3 rings (SSSR count). The second-order valence-electron chi connectivity index (χ2n) is 7.41. The molecular formula is C19H25N3O4. The number of hydrogen-bond acceptors (Lipinski definition) is 6. The SMILES string of the molecule is CON1CCC2(CC1)C(=O)C(N=O)(c1c(C)cc(C)cc1C)C(=O)N2C. The summed E-state index contributed by atoms with van der Waals surface area (Å²) >= 11 is 0. The number of rotatable bonds is 3. The number of hydrogen-bond donors (Lipinski definition) is 0. The van der Waals surface area contributed by atoms with Crippen molar-refractivity contribution in [3.8, 4) is 0 Å². The molecule has 0 radical (unpaired) electrons. The van der Waals surface area contributed by atoms with Crippen LogP contribution in [0.4, 0.5) is 0 Å². The van der Waals surface area contributed by atoms with Gasteiger partial charge in [-0.2, -0.15) is 5.06 Å². The van der Waals surface area contributed by atoms with Crippen LogP contribution in [0.1, 0.15) is 35.1 Å². The normalized spacial score (nSPS) is 26.0. The van der Waals surface area contributed by atoms with Crippen LogP contribution in [-0.4, -0.2) is 54.4 Å². The summed E-state index contributed by atoms with van der Waals surface area (Å²) in [5.74, 6) is -0.934. The summed E-state index contributed by atoms with van der Waals surface area (Å²) in [5.41, 5.74) is -0.0762. The van der Waals surface area contributed by atoms with E-state index in [2.05, 4.69) is 5.18 Å². The van der Waals surface area contributed by atoms with Gasteiger partial charge in [0.1, 0.15) is 5.54 Å². The summed E-state index contributed by atoms with van der Waals surface area (Å²) < 4.78 is 0. The topological polar surface area (TPSA) is 79.3 Å². The van der Waals surface area contributed by atoms with Crippen molar-refractivity contribution in [2.75, 3.05) is 27.2 Å². The minimum absolute atomic E-state index is 0.404. The molecule has 26 heavy (non-hydrogen) atoms. The first-order valence-electron chi connectivity index (χ1n) is 8.79. The summed E-state index contributed by atoms with van der Waals surface area (Å²) in [6.07, 6.45) is 0.840. The van der Waals surface area contributed by atoms with Gasteiger partial charge in [0.25, 0.3) is 11.4 Å². The van der Waals surface area contributed by atoms with Gasteiger partial charge in [0.15, 0.2) is 0 Å². The molecule has 7 heteroatoms. The summed E-state index contributed by atoms with van der Waals surface area (Å²) in [7, 11) is 3.19. The number of nitroso groups, excluding NO2 is 1. The quantitative estimate of drug-likeness (QED) is 0.609. The average molecular weight is 359 g/mol. The highest BCUT2D eigenvalue weighted by atomic mass is 16.7. The lowest BCUT2D eigenvalue weighted by Gasteiger charge is -2.40. The number of carbonyl (C=O) groups excluding carboxylic acids is 2. The van der Waals surface area contributed by atoms with Crippen molar-refractivity contribution < 1.29 is 14.4 Å². The predicted molar refractivity (Wildman–Crippen MR) is 96.5 cm³/mol. The number of likely N-dealkylation sites (N-methyl/N-ethyl adjacent to an activating group) is 1. The fourth-order valence-corrected chi connectivity index (χ4v) is 4.72. The van der Waals surface area contributed by atoms with Gasteiger partial charge in [0, 0.05) is 25.7 Å². The Morgan fingerprint density at radius 1 is 1.08 bits per heavy atom. The largest absolute Gasteiger partial charge is 0.330 e. The molecular weight excluding hydrogens is 334 g/mol. The number of benzene rings is 1. The lowest BCUT2D eigenvalue weighted by Crippen LogP contribution is -2.55. The lowest BCUT2D eigenvalue weighted by molar-refractivity contribution is -0.165. The van der Waals surface area contributed by atoms with Crippen LogP contribution < -0.4 is 0 Å². The number of aryl methyl sites for hydroxylation is 3. The summed E-state index contributed by atoms with van der Waals surface area (Å²) in [4.78, 5) is 45.6. The van der Waals surface area contributed by atoms with Gasteiger partial charge < -0.3 is 9.74 Å². The number of piperidine rings is 1. The van der Waals surface area contributed by atoms with E-state index in [4.69, 9.17) is 4.84 Å². The van der Waals surface area contributed by atoms with Crippen molar-refractivity contribution in [1.29, 1.82) is 0 Å². The van der Waals surface area contributed by atoms with Crippen LogP contribution >= 0.6 is 0 Å². The number of likely N-dealkylation sites (tertiary alicyclic amines) is 1. The molecule has 0 aromatic heterocycles. The van der Waals surface area contributed by atoms with Crippen molar-refractivity contribution in [1.82, 2.24) is 9.96 Å². The third kappa shape index (κ3) is 2.27. The maximum Gasteiger partial charge on any atom is 0.267 e. The molecule has 1 aromatic carbocycles. The predicted octanol–water partition coefficient (Wildman–Crippen LogP) is 2.01. The van der Waals surface area contributed by atoms with Gasteiger partial charge in [-0.1, -0.05) is 17.7 Å². The molecule has 2 fully saturated rings. The van der Waals surface area contributed by atoms with Crippen molar-refractivity contribution in [2.24, 2.45) is 5.18 Å². The van der Waals surface area contributed by atoms with Crippen LogP contribution in [0.25, 0.3) is 0 Å². The molecule has 0 saturated carbocycles. The molecule has 0 aliphatic carbocycles. The number of amides is 1. The van der Waals surface area contributed by atoms with Crippen molar-refractivity contribution in [2.45, 2.75) is 44.7 Å². The number of hydroxylamine groups is 2. The van der Waals surface area contributed by atoms with Gasteiger partial charge in [-0.25, -0.2) is 0 Å². The van der Waals surface area contributed by atoms with E-state index < -0.39 is 22.8 Å². The summed E-state index contributed by atoms with van der Waals surface area (Å²) in [5, 5.41) is 4.96. The standard InChI is InChI=1S/C19H25N3O4/c1-12-10-13(2)15(14(3)11-12)19(20-25)16(23)18(21(4)17(19)24)6-8-22(26-5)9-7-18/h10-11H,6-9H2,1-5H3. The Labute approximate surface area is 153 Å². The van der Waals surface area contributed by atoms with Crippen molar-refractivity contribution >= 4 is 11.7 Å². The number of Topliss-reactive ketones (excluding diaryl/α,β-unsaturated/α-hetero) is 1. The molecule has 1 unspecified atom stereocenters. The number of nitrogens with zero attached hydrogens (tertiary/aromatic N) is 3. The molecule has 0 bridgehead atoms. The van der Waals surface area contributed by atoms with E-state index in [-0.39, 0.29) is 0 Å². The van der Waals surface area contributed by atoms with Gasteiger partial charge in [-0.05, 0) is 49.9 Å². The smallest absolute Gasteiger partial charge is 0.267 e. The van der Waals surface area contributed by atoms with Gasteiger partial charge in [-0.15, -0.1) is 4.91 Å². The molecule has 2 aliphatic heterocycles. The van der Waals surface area contributed by atoms with Crippen LogP contribution in [0.15, 0.2) is 17.3 Å². The third-order valence-corrected chi connectivity index (χ3v) is 5.99. The lowest BCUT2D eigenvalue weighted by atomic mass is 9.74. The molecule has 1 aromatic rings. The van der Waals surface area contributed by atoms with E-state index >= 15 is 0 Å². The van der Waals surface area contributed by atoms with Crippen molar-refractivity contribution in [3.63, 3.8) is 0 Å². The Balaban J connectivity index is 2.16. The Morgan fingerprint density at radius 3 is 2.08 bits per heavy atom. The molecule has 2 saturated heterocycles. The van der Waals surface area contributed by atoms with Crippen LogP contribution in [0.5, 0.6) is 0 Å². The fraction of sp³-hybridized carbons (Fsp3) is 0.579. The Morgan fingerprint density at radius 2 is 1.62 bits per heavy atom. The van der Waals surface area contributed by atoms with E-state index in [9.17, 15) is 14.5 Å². The van der Waals surface area contributed by atoms with E-state index in [1.54, 1.807) is 19.2 Å². The van der Waals surface area contributed by atoms with Gasteiger partial charge in [0.2, 0.25) is 5.78 Å². The van der Waals surface area contributed by atoms with Crippen LogP contribution in [0.3, 0.4) is 0 Å². The highest BCUT2D eigenvalue weighted by Crippen LogP contribution is 2.48. The number of ketones is 1. The van der Waals surface area contributed by atoms with Gasteiger partial charge >= 0.3 is 0 Å². The van der Waals surface area contributed by atoms with Gasteiger partial charge in [-0.3, -0.25) is 9.59 Å². The zero-order chi connectivity index (χ0) is 19.3. The Bertz CT molecular complexity index is 760. The molecule has 2 heterocycles. The summed E-state index contributed by atoms with van der Waals surface area (Å²) in [6, 6.07) is 3.77. The third-order valence-electron chi connectivity index (χ3n) is 5.99.